The molecule has 0 aliphatic carbocycles. The van der Waals surface area contributed by atoms with Gasteiger partial charge in [0.05, 0.1) is 0 Å². The Morgan fingerprint density at radius 1 is 0.500 bits per heavy atom. The molecule has 0 aromatic carbocycles. The molecule has 0 saturated carbocycles. The van der Waals surface area contributed by atoms with Crippen molar-refractivity contribution in [3.63, 3.8) is 0 Å². The molecule has 0 rings (SSSR count). The fourth-order valence-corrected chi connectivity index (χ4v) is 0. The average molecular weight is 541 g/mol. The maximum absolute atomic E-state index is 0. The molecule has 0 spiro atoms. The summed E-state index contributed by atoms with van der Waals surface area (Å²) in [6.07, 6.45) is 0. The van der Waals surface area contributed by atoms with Gasteiger partial charge in [-0.05, 0) is 0 Å². The average Bonchev–Trinajstić information content (AvgIpc) is 0. The summed E-state index contributed by atoms with van der Waals surface area (Å²) in [5.41, 5.74) is 0. The van der Waals surface area contributed by atoms with E-state index in [1.807, 2.05) is 0 Å². The second-order valence-electron chi connectivity index (χ2n) is 0. The topological polar surface area (TPSA) is 33.5 Å². The Labute approximate surface area is 113 Å². The van der Waals surface area contributed by atoms with Crippen molar-refractivity contribution in [1.82, 2.24) is 0 Å². The summed E-state index contributed by atoms with van der Waals surface area (Å²) >= 11 is 0. The van der Waals surface area contributed by atoms with Crippen LogP contribution in [0.2, 0.25) is 0 Å². The molecule has 0 bridgehead atoms. The van der Waals surface area contributed by atoms with Gasteiger partial charge in [0.1, 0.15) is 0 Å². The Morgan fingerprint density at radius 3 is 0.500 bits per heavy atom. The zero-order valence-corrected chi connectivity index (χ0v) is 6.32. The molecule has 0 saturated heterocycles. The van der Waals surface area contributed by atoms with Gasteiger partial charge in [0.2, 0.25) is 0 Å². The van der Waals surface area contributed by atoms with E-state index in [0.29, 0.717) is 0 Å². The first-order chi connectivity index (χ1) is 0. The van der Waals surface area contributed by atoms with Gasteiger partial charge in [0, 0.05) is 111 Å². The van der Waals surface area contributed by atoms with Crippen molar-refractivity contribution < 1.29 is 111 Å². The minimum Gasteiger partial charge on any atom is -0.693 e. The van der Waals surface area contributed by atoms with Crippen LogP contribution in [0.25, 0.3) is 6.15 Å². The van der Waals surface area contributed by atoms with E-state index < -0.39 is 0 Å². The number of nitrogens with two attached hydrogens (primary N) is 1. The van der Waals surface area contributed by atoms with Gasteiger partial charge in [-0.25, -0.2) is 0 Å². The first-order valence-corrected chi connectivity index (χ1v) is 0. The number of hydrogen-bond donors (Lipinski definition) is 0. The summed E-state index contributed by atoms with van der Waals surface area (Å²) < 4.78 is 0. The fourth-order valence-electron chi connectivity index (χ4n) is 0. The molecule has 0 aliphatic rings. The van der Waals surface area contributed by atoms with E-state index >= 15 is 0 Å². The minimum atomic E-state index is 0. The van der Waals surface area contributed by atoms with Crippen LogP contribution in [0, 0.1) is 111 Å². The zero-order valence-electron chi connectivity index (χ0n) is 1.35. The summed E-state index contributed by atoms with van der Waals surface area (Å²) in [4.78, 5) is 0. The van der Waals surface area contributed by atoms with Crippen LogP contribution in [0.4, 0.5) is 0 Å². The van der Waals surface area contributed by atoms with Crippen LogP contribution in [0.5, 0.6) is 0 Å². The Bertz CT molecular complexity index is 3.25. The standard InChI is InChI=1S/3Lu.H2N/h;;;1H2/q;;;-1. The third-order valence-corrected chi connectivity index (χ3v) is 0. The molecular weight excluding hydrogens is 539 g/mol. The van der Waals surface area contributed by atoms with Crippen molar-refractivity contribution >= 4 is 0 Å². The van der Waals surface area contributed by atoms with E-state index in [-0.39, 0.29) is 117 Å². The first-order valence-electron chi connectivity index (χ1n) is 0. The van der Waals surface area contributed by atoms with E-state index in [1.54, 1.807) is 0 Å². The molecule has 0 aliphatic heterocycles. The smallest absolute Gasteiger partial charge is 0 e. The van der Waals surface area contributed by atoms with E-state index in [0.717, 1.165) is 0 Å². The second kappa shape index (κ2) is 15.9. The molecule has 0 aromatic rings. The number of rotatable bonds is 0. The Morgan fingerprint density at radius 2 is 0.500 bits per heavy atom. The van der Waals surface area contributed by atoms with Crippen molar-refractivity contribution in [2.24, 2.45) is 0 Å². The normalized spacial score (nSPS) is 0. The van der Waals surface area contributed by atoms with Gasteiger partial charge in [0.15, 0.2) is 0 Å². The van der Waals surface area contributed by atoms with Gasteiger partial charge in [-0.2, -0.15) is 0 Å². The van der Waals surface area contributed by atoms with E-state index in [9.17, 15) is 0 Å². The molecule has 3 radical (unpaired) electrons. The molecule has 0 amide bonds. The maximum Gasteiger partial charge on any atom is 0 e. The molecule has 0 heterocycles. The van der Waals surface area contributed by atoms with Crippen LogP contribution in [-0.4, -0.2) is 0 Å². The van der Waals surface area contributed by atoms with Crippen LogP contribution in [0.1, 0.15) is 0 Å². The second-order valence-corrected chi connectivity index (χ2v) is 0. The summed E-state index contributed by atoms with van der Waals surface area (Å²) in [6, 6.07) is 0. The van der Waals surface area contributed by atoms with Crippen LogP contribution in [-0.2, 0) is 0 Å². The first kappa shape index (κ1) is 25.4. The molecule has 0 aromatic heterocycles. The molecule has 53 valence electrons. The van der Waals surface area contributed by atoms with Crippen molar-refractivity contribution in [3.8, 4) is 0 Å². The molecule has 4 heteroatoms. The van der Waals surface area contributed by atoms with E-state index in [4.69, 9.17) is 0 Å². The Kier molecular flexibility index (Phi) is 101. The predicted molar refractivity (Wildman–Crippen MR) is 5.28 cm³/mol. The SMILES string of the molecule is [Lu].[Lu].[Lu].[NH2-]. The third-order valence-electron chi connectivity index (χ3n) is 0. The summed E-state index contributed by atoms with van der Waals surface area (Å²) in [6.45, 7) is 0. The molecule has 0 unspecified atom stereocenters. The molecular formula is H2Lu3N-. The molecule has 2 N–H and O–H groups in total. The van der Waals surface area contributed by atoms with E-state index in [1.165, 1.54) is 0 Å². The van der Waals surface area contributed by atoms with Gasteiger partial charge >= 0.3 is 0 Å². The van der Waals surface area contributed by atoms with Gasteiger partial charge in [-0.3, -0.25) is 0 Å². The minimum absolute atomic E-state index is 0. The molecule has 0 atom stereocenters. The van der Waals surface area contributed by atoms with Gasteiger partial charge in [-0.1, -0.05) is 0 Å². The van der Waals surface area contributed by atoms with Crippen molar-refractivity contribution in [3.05, 3.63) is 6.15 Å². The van der Waals surface area contributed by atoms with Crippen molar-refractivity contribution in [2.75, 3.05) is 0 Å². The molecule has 0 fully saturated rings. The van der Waals surface area contributed by atoms with Crippen molar-refractivity contribution in [1.29, 1.82) is 0 Å². The quantitative estimate of drug-likeness (QED) is 0.434. The summed E-state index contributed by atoms with van der Waals surface area (Å²) in [7, 11) is 0. The summed E-state index contributed by atoms with van der Waals surface area (Å²) in [5.74, 6) is 0. The van der Waals surface area contributed by atoms with Crippen molar-refractivity contribution in [2.45, 2.75) is 0 Å². The van der Waals surface area contributed by atoms with E-state index in [2.05, 4.69) is 0 Å². The molecule has 4 heavy (non-hydrogen) atoms. The molecule has 1 nitrogen and oxygen atoms in total. The van der Waals surface area contributed by atoms with Crippen LogP contribution >= 0.6 is 0 Å². The zero-order chi connectivity index (χ0) is 0. The van der Waals surface area contributed by atoms with Gasteiger partial charge in [-0.15, -0.1) is 0 Å². The number of hydrogen-bond acceptors (Lipinski definition) is 0. The fraction of sp³-hybridized carbons (Fsp3) is 0. The largest absolute Gasteiger partial charge is 0.693 e. The van der Waals surface area contributed by atoms with Crippen LogP contribution in [0.15, 0.2) is 0 Å². The maximum atomic E-state index is 0. The van der Waals surface area contributed by atoms with Crippen LogP contribution < -0.4 is 0 Å². The Balaban J connectivity index is 0. The predicted octanol–water partition coefficient (Wildman–Crippen LogP) is 0.717. The van der Waals surface area contributed by atoms with Gasteiger partial charge < -0.3 is 6.15 Å². The third kappa shape index (κ3) is 9.18. The Hall–Kier alpha value is 3.66. The van der Waals surface area contributed by atoms with Crippen LogP contribution in [0.3, 0.4) is 0 Å². The summed E-state index contributed by atoms with van der Waals surface area (Å²) in [5, 5.41) is 0. The van der Waals surface area contributed by atoms with Gasteiger partial charge in [0.25, 0.3) is 0 Å². The monoisotopic (exact) mass is 541 g/mol.